The number of hydrogen-bond acceptors (Lipinski definition) is 5. The van der Waals surface area contributed by atoms with E-state index in [1.807, 2.05) is 28.8 Å². The van der Waals surface area contributed by atoms with Crippen LogP contribution in [0.15, 0.2) is 39.4 Å². The summed E-state index contributed by atoms with van der Waals surface area (Å²) in [6.07, 6.45) is 3.87. The van der Waals surface area contributed by atoms with E-state index >= 15 is 0 Å². The second-order valence-corrected chi connectivity index (χ2v) is 5.92. The van der Waals surface area contributed by atoms with Crippen LogP contribution in [0.3, 0.4) is 0 Å². The monoisotopic (exact) mass is 303 g/mol. The average Bonchev–Trinajstić information content (AvgIpc) is 3.17. The Balaban J connectivity index is 1.79. The molecule has 3 heterocycles. The van der Waals surface area contributed by atoms with Crippen LogP contribution in [0.1, 0.15) is 24.6 Å². The minimum Gasteiger partial charge on any atom is -0.390 e. The number of pyridine rings is 1. The summed E-state index contributed by atoms with van der Waals surface area (Å²) in [4.78, 5) is 16.3. The number of aliphatic hydroxyl groups excluding tert-OH is 1. The van der Waals surface area contributed by atoms with Crippen molar-refractivity contribution in [3.8, 4) is 0 Å². The highest BCUT2D eigenvalue weighted by atomic mass is 32.2. The third-order valence-corrected chi connectivity index (χ3v) is 4.50. The minimum absolute atomic E-state index is 0.119. The van der Waals surface area contributed by atoms with Gasteiger partial charge >= 0.3 is 5.69 Å². The molecular weight excluding hydrogens is 290 g/mol. The van der Waals surface area contributed by atoms with Crippen LogP contribution in [-0.2, 0) is 6.61 Å². The van der Waals surface area contributed by atoms with Gasteiger partial charge in [-0.2, -0.15) is 0 Å². The first-order chi connectivity index (χ1) is 10.3. The van der Waals surface area contributed by atoms with Crippen molar-refractivity contribution in [2.24, 2.45) is 0 Å². The molecule has 3 aromatic rings. The average molecular weight is 303 g/mol. The Hall–Kier alpha value is -2.06. The number of fused-ring (bicyclic) bond motifs is 1. The van der Waals surface area contributed by atoms with E-state index in [2.05, 4.69) is 15.2 Å². The van der Waals surface area contributed by atoms with Crippen molar-refractivity contribution in [2.75, 3.05) is 0 Å². The maximum atomic E-state index is 11.8. The quantitative estimate of drug-likeness (QED) is 0.756. The molecule has 0 atom stereocenters. The molecule has 4 rings (SSSR count). The number of H-pyrrole nitrogens is 1. The lowest BCUT2D eigenvalue weighted by Gasteiger charge is -2.03. The van der Waals surface area contributed by atoms with Crippen LogP contribution in [0.2, 0.25) is 0 Å². The van der Waals surface area contributed by atoms with Gasteiger partial charge in [-0.3, -0.25) is 4.57 Å². The van der Waals surface area contributed by atoms with Crippen molar-refractivity contribution in [1.29, 1.82) is 0 Å². The van der Waals surface area contributed by atoms with Crippen LogP contribution in [0.5, 0.6) is 0 Å². The van der Waals surface area contributed by atoms with Gasteiger partial charge in [-0.05, 0) is 36.7 Å². The predicted molar refractivity (Wildman–Crippen MR) is 76.4 cm³/mol. The fourth-order valence-electron chi connectivity index (χ4n) is 2.35. The van der Waals surface area contributed by atoms with Gasteiger partial charge in [0, 0.05) is 12.2 Å². The zero-order valence-corrected chi connectivity index (χ0v) is 11.9. The van der Waals surface area contributed by atoms with Gasteiger partial charge in [0.15, 0.2) is 5.16 Å². The Bertz CT molecular complexity index is 861. The van der Waals surface area contributed by atoms with E-state index in [1.54, 1.807) is 4.57 Å². The van der Waals surface area contributed by atoms with Crippen molar-refractivity contribution in [1.82, 2.24) is 24.1 Å². The van der Waals surface area contributed by atoms with Gasteiger partial charge in [0.2, 0.25) is 0 Å². The lowest BCUT2D eigenvalue weighted by Crippen LogP contribution is -2.16. The summed E-state index contributed by atoms with van der Waals surface area (Å²) in [7, 11) is 0. The zero-order valence-electron chi connectivity index (χ0n) is 11.1. The number of nitrogens with zero attached hydrogens (tertiary/aromatic N) is 4. The van der Waals surface area contributed by atoms with Crippen LogP contribution in [0.25, 0.3) is 5.65 Å². The highest BCUT2D eigenvalue weighted by Crippen LogP contribution is 2.38. The Labute approximate surface area is 123 Å². The summed E-state index contributed by atoms with van der Waals surface area (Å²) >= 11 is 1.31. The Morgan fingerprint density at radius 1 is 1.43 bits per heavy atom. The minimum atomic E-state index is -0.186. The molecule has 0 aromatic carbocycles. The first kappa shape index (κ1) is 12.7. The smallest absolute Gasteiger partial charge is 0.344 e. The molecule has 3 aromatic heterocycles. The molecule has 0 aliphatic heterocycles. The maximum Gasteiger partial charge on any atom is 0.344 e. The molecule has 0 bridgehead atoms. The topological polar surface area (TPSA) is 88.2 Å². The van der Waals surface area contributed by atoms with Crippen molar-refractivity contribution >= 4 is 17.4 Å². The van der Waals surface area contributed by atoms with Crippen LogP contribution < -0.4 is 5.69 Å². The fraction of sp³-hybridized carbons (Fsp3) is 0.308. The second-order valence-electron chi connectivity index (χ2n) is 4.97. The van der Waals surface area contributed by atoms with Gasteiger partial charge in [0.05, 0.1) is 12.3 Å². The van der Waals surface area contributed by atoms with Gasteiger partial charge < -0.3 is 9.51 Å². The van der Waals surface area contributed by atoms with E-state index in [-0.39, 0.29) is 18.3 Å². The highest BCUT2D eigenvalue weighted by Gasteiger charge is 2.29. The van der Waals surface area contributed by atoms with Crippen molar-refractivity contribution < 1.29 is 5.11 Å². The summed E-state index contributed by atoms with van der Waals surface area (Å²) in [5.74, 6) is 0. The van der Waals surface area contributed by atoms with Crippen LogP contribution >= 0.6 is 11.8 Å². The Morgan fingerprint density at radius 3 is 3.05 bits per heavy atom. The van der Waals surface area contributed by atoms with Crippen molar-refractivity contribution in [3.05, 3.63) is 40.6 Å². The second kappa shape index (κ2) is 4.74. The number of aliphatic hydroxyl groups is 1. The number of imidazole rings is 1. The van der Waals surface area contributed by atoms with Crippen LogP contribution in [0.4, 0.5) is 0 Å². The fourth-order valence-corrected chi connectivity index (χ4v) is 3.37. The number of aromatic amines is 1. The largest absolute Gasteiger partial charge is 0.390 e. The third-order valence-electron chi connectivity index (χ3n) is 3.51. The number of nitrogens with one attached hydrogen (secondary N) is 1. The summed E-state index contributed by atoms with van der Waals surface area (Å²) < 4.78 is 3.52. The molecule has 0 radical (unpaired) electrons. The normalized spacial score (nSPS) is 14.9. The maximum absolute atomic E-state index is 11.8. The molecule has 0 amide bonds. The third kappa shape index (κ3) is 2.07. The first-order valence-corrected chi connectivity index (χ1v) is 7.51. The van der Waals surface area contributed by atoms with Crippen LogP contribution in [0, 0.1) is 0 Å². The molecule has 0 saturated heterocycles. The molecule has 8 heteroatoms. The summed E-state index contributed by atoms with van der Waals surface area (Å²) in [6, 6.07) is 5.90. The highest BCUT2D eigenvalue weighted by molar-refractivity contribution is 7.99. The molecule has 2 N–H and O–H groups in total. The molecule has 0 unspecified atom stereocenters. The summed E-state index contributed by atoms with van der Waals surface area (Å²) in [5, 5.41) is 17.4. The van der Waals surface area contributed by atoms with E-state index in [9.17, 15) is 9.90 Å². The number of rotatable bonds is 4. The Kier molecular flexibility index (Phi) is 2.86. The molecular formula is C13H13N5O2S. The molecule has 7 nitrogen and oxygen atoms in total. The van der Waals surface area contributed by atoms with Crippen LogP contribution in [-0.4, -0.2) is 29.3 Å². The van der Waals surface area contributed by atoms with Crippen molar-refractivity contribution in [3.63, 3.8) is 0 Å². The molecule has 1 aliphatic carbocycles. The van der Waals surface area contributed by atoms with E-state index in [4.69, 9.17) is 0 Å². The number of aromatic nitrogens is 5. The lowest BCUT2D eigenvalue weighted by atomic mass is 10.4. The van der Waals surface area contributed by atoms with Gasteiger partial charge in [-0.1, -0.05) is 6.07 Å². The first-order valence-electron chi connectivity index (χ1n) is 6.69. The van der Waals surface area contributed by atoms with Gasteiger partial charge in [0.25, 0.3) is 0 Å². The molecule has 21 heavy (non-hydrogen) atoms. The van der Waals surface area contributed by atoms with E-state index in [0.717, 1.165) is 18.5 Å². The molecule has 1 saturated carbocycles. The van der Waals surface area contributed by atoms with Gasteiger partial charge in [0.1, 0.15) is 10.7 Å². The molecule has 1 fully saturated rings. The molecule has 1 aliphatic rings. The standard InChI is InChI=1S/C13H13N5O2S/c19-7-9-11(14-10-3-1-2-6-17(9)10)21-13-16-15-12(20)18(13)8-4-5-8/h1-3,6,8,19H,4-5,7H2,(H,15,20). The van der Waals surface area contributed by atoms with E-state index < -0.39 is 0 Å². The van der Waals surface area contributed by atoms with E-state index in [1.165, 1.54) is 11.8 Å². The zero-order chi connectivity index (χ0) is 14.4. The lowest BCUT2D eigenvalue weighted by molar-refractivity contribution is 0.272. The molecule has 108 valence electrons. The summed E-state index contributed by atoms with van der Waals surface area (Å²) in [6.45, 7) is -0.119. The van der Waals surface area contributed by atoms with E-state index in [0.29, 0.717) is 15.9 Å². The number of hydrogen-bond donors (Lipinski definition) is 2. The SMILES string of the molecule is O=c1[nH]nc(Sc2nc3ccccn3c2CO)n1C1CC1. The van der Waals surface area contributed by atoms with Gasteiger partial charge in [-0.25, -0.2) is 14.9 Å². The van der Waals surface area contributed by atoms with Crippen molar-refractivity contribution in [2.45, 2.75) is 35.7 Å². The summed E-state index contributed by atoms with van der Waals surface area (Å²) in [5.41, 5.74) is 1.28. The predicted octanol–water partition coefficient (Wildman–Crippen LogP) is 1.20. The molecule has 0 spiro atoms. The van der Waals surface area contributed by atoms with Gasteiger partial charge in [-0.15, -0.1) is 5.10 Å². The Morgan fingerprint density at radius 2 is 2.29 bits per heavy atom.